The number of hydrogen-bond acceptors (Lipinski definition) is 3. The Bertz CT molecular complexity index is 501. The lowest BCUT2D eigenvalue weighted by Crippen LogP contribution is -2.46. The van der Waals surface area contributed by atoms with Gasteiger partial charge in [-0.2, -0.15) is 0 Å². The van der Waals surface area contributed by atoms with Gasteiger partial charge < -0.3 is 20.8 Å². The molecule has 0 spiro atoms. The smallest absolute Gasteiger partial charge is 0.340 e. The largest absolute Gasteiger partial charge is 0.347 e. The predicted molar refractivity (Wildman–Crippen MR) is 81.6 cm³/mol. The summed E-state index contributed by atoms with van der Waals surface area (Å²) in [5.41, 5.74) is 6.48. The van der Waals surface area contributed by atoms with E-state index in [1.165, 1.54) is 0 Å². The first-order valence-electron chi connectivity index (χ1n) is 6.85. The lowest BCUT2D eigenvalue weighted by molar-refractivity contribution is -0.123. The standard InChI is InChI=1S/C14H23N2O4P/c1-10(2)8-12(15)14(17)16-13(21(18,19)20)9-11-6-4-3-5-7-11/h3-7,10,12-13H,8-9,15H2,1-2H3,(H,16,17)(H2,18,19,20)/t12-,13-/m0/s1. The van der Waals surface area contributed by atoms with E-state index in [0.717, 1.165) is 5.56 Å². The highest BCUT2D eigenvalue weighted by atomic mass is 31.2. The number of carbonyl (C=O) groups excluding carboxylic acids is 1. The van der Waals surface area contributed by atoms with Gasteiger partial charge in [-0.25, -0.2) is 0 Å². The predicted octanol–water partition coefficient (Wildman–Crippen LogP) is 1.22. The van der Waals surface area contributed by atoms with E-state index in [2.05, 4.69) is 5.32 Å². The van der Waals surface area contributed by atoms with Crippen LogP contribution in [0.2, 0.25) is 0 Å². The van der Waals surface area contributed by atoms with Gasteiger partial charge in [0.2, 0.25) is 5.91 Å². The van der Waals surface area contributed by atoms with Crippen LogP contribution < -0.4 is 11.1 Å². The molecule has 7 heteroatoms. The van der Waals surface area contributed by atoms with Crippen LogP contribution in [0.25, 0.3) is 0 Å². The molecule has 118 valence electrons. The van der Waals surface area contributed by atoms with E-state index in [-0.39, 0.29) is 12.3 Å². The van der Waals surface area contributed by atoms with Crippen molar-refractivity contribution >= 4 is 13.5 Å². The molecular weight excluding hydrogens is 291 g/mol. The monoisotopic (exact) mass is 314 g/mol. The molecule has 0 heterocycles. The molecule has 1 aromatic carbocycles. The second kappa shape index (κ2) is 7.71. The number of hydrogen-bond donors (Lipinski definition) is 4. The average Bonchev–Trinajstić information content (AvgIpc) is 2.37. The number of benzene rings is 1. The Labute approximate surface area is 124 Å². The van der Waals surface area contributed by atoms with Crippen molar-refractivity contribution in [2.45, 2.75) is 38.5 Å². The first kappa shape index (κ1) is 17.9. The second-order valence-corrected chi connectivity index (χ2v) is 7.34. The van der Waals surface area contributed by atoms with Gasteiger partial charge >= 0.3 is 7.60 Å². The van der Waals surface area contributed by atoms with Crippen LogP contribution in [0.5, 0.6) is 0 Å². The normalized spacial score (nSPS) is 14.8. The highest BCUT2D eigenvalue weighted by Gasteiger charge is 2.31. The van der Waals surface area contributed by atoms with Crippen LogP contribution in [-0.2, 0) is 15.8 Å². The molecule has 0 bridgehead atoms. The van der Waals surface area contributed by atoms with Crippen LogP contribution in [-0.4, -0.2) is 27.5 Å². The van der Waals surface area contributed by atoms with Gasteiger partial charge in [0, 0.05) is 6.42 Å². The lowest BCUT2D eigenvalue weighted by Gasteiger charge is -2.22. The molecule has 1 rings (SSSR count). The molecule has 0 unspecified atom stereocenters. The quantitative estimate of drug-likeness (QED) is 0.565. The van der Waals surface area contributed by atoms with Crippen LogP contribution in [0.4, 0.5) is 0 Å². The summed E-state index contributed by atoms with van der Waals surface area (Å²) >= 11 is 0. The van der Waals surface area contributed by atoms with Crippen LogP contribution in [0.3, 0.4) is 0 Å². The highest BCUT2D eigenvalue weighted by Crippen LogP contribution is 2.41. The van der Waals surface area contributed by atoms with Gasteiger partial charge in [0.1, 0.15) is 5.78 Å². The number of nitrogens with two attached hydrogens (primary N) is 1. The molecule has 0 aliphatic heterocycles. The van der Waals surface area contributed by atoms with Crippen molar-refractivity contribution in [3.63, 3.8) is 0 Å². The van der Waals surface area contributed by atoms with Gasteiger partial charge in [0.05, 0.1) is 6.04 Å². The molecule has 0 fully saturated rings. The molecule has 6 nitrogen and oxygen atoms in total. The number of amides is 1. The fraction of sp³-hybridized carbons (Fsp3) is 0.500. The fourth-order valence-electron chi connectivity index (χ4n) is 1.98. The number of nitrogens with one attached hydrogen (secondary N) is 1. The van der Waals surface area contributed by atoms with E-state index in [9.17, 15) is 19.1 Å². The fourth-order valence-corrected chi connectivity index (χ4v) is 2.72. The Morgan fingerprint density at radius 2 is 1.86 bits per heavy atom. The molecule has 2 atom stereocenters. The van der Waals surface area contributed by atoms with Crippen molar-refractivity contribution in [3.05, 3.63) is 35.9 Å². The molecule has 5 N–H and O–H groups in total. The van der Waals surface area contributed by atoms with Gasteiger partial charge in [0.15, 0.2) is 0 Å². The first-order valence-corrected chi connectivity index (χ1v) is 8.53. The highest BCUT2D eigenvalue weighted by molar-refractivity contribution is 7.52. The van der Waals surface area contributed by atoms with Crippen molar-refractivity contribution in [2.75, 3.05) is 0 Å². The third-order valence-corrected chi connectivity index (χ3v) is 4.17. The number of carbonyl (C=O) groups is 1. The third-order valence-electron chi connectivity index (χ3n) is 3.05. The van der Waals surface area contributed by atoms with E-state index in [4.69, 9.17) is 5.73 Å². The van der Waals surface area contributed by atoms with E-state index in [1.54, 1.807) is 24.3 Å². The van der Waals surface area contributed by atoms with Crippen LogP contribution in [0.1, 0.15) is 25.8 Å². The Kier molecular flexibility index (Phi) is 6.55. The Hall–Kier alpha value is -1.20. The van der Waals surface area contributed by atoms with Crippen LogP contribution in [0, 0.1) is 5.92 Å². The Morgan fingerprint density at radius 3 is 2.33 bits per heavy atom. The number of rotatable bonds is 7. The molecule has 0 radical (unpaired) electrons. The minimum absolute atomic E-state index is 0.0608. The van der Waals surface area contributed by atoms with E-state index in [1.807, 2.05) is 19.9 Å². The summed E-state index contributed by atoms with van der Waals surface area (Å²) in [6.07, 6.45) is 0.524. The topological polar surface area (TPSA) is 113 Å². The average molecular weight is 314 g/mol. The van der Waals surface area contributed by atoms with Crippen molar-refractivity contribution in [1.29, 1.82) is 0 Å². The van der Waals surface area contributed by atoms with Crippen molar-refractivity contribution in [2.24, 2.45) is 11.7 Å². The van der Waals surface area contributed by atoms with Gasteiger partial charge in [0.25, 0.3) is 0 Å². The summed E-state index contributed by atoms with van der Waals surface area (Å²) in [5, 5.41) is 2.38. The zero-order valence-corrected chi connectivity index (χ0v) is 13.2. The second-order valence-electron chi connectivity index (χ2n) is 5.54. The van der Waals surface area contributed by atoms with E-state index in [0.29, 0.717) is 6.42 Å². The molecule has 1 amide bonds. The van der Waals surface area contributed by atoms with Gasteiger partial charge in [-0.1, -0.05) is 44.2 Å². The molecule has 0 saturated carbocycles. The maximum absolute atomic E-state index is 11.9. The summed E-state index contributed by atoms with van der Waals surface area (Å²) in [6.45, 7) is 3.86. The molecule has 0 saturated heterocycles. The van der Waals surface area contributed by atoms with Crippen molar-refractivity contribution in [3.8, 4) is 0 Å². The maximum Gasteiger partial charge on any atom is 0.347 e. The molecule has 0 aliphatic carbocycles. The SMILES string of the molecule is CC(C)C[C@H](N)C(=O)N[C@H](Cc1ccccc1)P(=O)(O)O. The summed E-state index contributed by atoms with van der Waals surface area (Å²) in [4.78, 5) is 30.8. The minimum atomic E-state index is -4.46. The summed E-state index contributed by atoms with van der Waals surface area (Å²) in [7, 11) is -4.46. The molecule has 21 heavy (non-hydrogen) atoms. The van der Waals surface area contributed by atoms with Crippen LogP contribution in [0.15, 0.2) is 30.3 Å². The summed E-state index contributed by atoms with van der Waals surface area (Å²) < 4.78 is 11.6. The van der Waals surface area contributed by atoms with Gasteiger partial charge in [-0.15, -0.1) is 0 Å². The zero-order valence-electron chi connectivity index (χ0n) is 12.3. The van der Waals surface area contributed by atoms with Crippen molar-refractivity contribution < 1.29 is 19.1 Å². The first-order chi connectivity index (χ1) is 9.70. The molecule has 0 aliphatic rings. The Morgan fingerprint density at radius 1 is 1.29 bits per heavy atom. The van der Waals surface area contributed by atoms with Gasteiger partial charge in [-0.05, 0) is 17.9 Å². The lowest BCUT2D eigenvalue weighted by atomic mass is 10.0. The van der Waals surface area contributed by atoms with E-state index < -0.39 is 25.3 Å². The zero-order chi connectivity index (χ0) is 16.0. The summed E-state index contributed by atoms with van der Waals surface area (Å²) in [6, 6.07) is 8.10. The van der Waals surface area contributed by atoms with E-state index >= 15 is 0 Å². The third kappa shape index (κ3) is 6.40. The summed E-state index contributed by atoms with van der Waals surface area (Å²) in [5.74, 6) is -1.56. The minimum Gasteiger partial charge on any atom is -0.340 e. The van der Waals surface area contributed by atoms with Crippen LogP contribution >= 0.6 is 7.60 Å². The maximum atomic E-state index is 11.9. The molecule has 0 aromatic heterocycles. The molecular formula is C14H23N2O4P. The van der Waals surface area contributed by atoms with Gasteiger partial charge in [-0.3, -0.25) is 9.36 Å². The Balaban J connectivity index is 2.76. The van der Waals surface area contributed by atoms with Crippen molar-refractivity contribution in [1.82, 2.24) is 5.32 Å². The molecule has 1 aromatic rings.